The van der Waals surface area contributed by atoms with Gasteiger partial charge >= 0.3 is 0 Å². The SMILES string of the molecule is O=C(NCc1ccc(Cl)cc1)c1ccon1. The highest BCUT2D eigenvalue weighted by Crippen LogP contribution is 2.09. The summed E-state index contributed by atoms with van der Waals surface area (Å²) >= 11 is 5.75. The quantitative estimate of drug-likeness (QED) is 0.889. The van der Waals surface area contributed by atoms with E-state index in [1.165, 1.54) is 12.3 Å². The molecule has 0 atom stereocenters. The molecule has 2 aromatic rings. The van der Waals surface area contributed by atoms with Gasteiger partial charge in [0, 0.05) is 17.6 Å². The van der Waals surface area contributed by atoms with E-state index in [-0.39, 0.29) is 11.6 Å². The van der Waals surface area contributed by atoms with Gasteiger partial charge < -0.3 is 9.84 Å². The molecule has 0 bridgehead atoms. The standard InChI is InChI=1S/C11H9ClN2O2/c12-9-3-1-8(2-4-9)7-13-11(15)10-5-6-16-14-10/h1-6H,7H2,(H,13,15). The molecule has 0 radical (unpaired) electrons. The first kappa shape index (κ1) is 10.7. The average molecular weight is 237 g/mol. The first-order valence-corrected chi connectivity index (χ1v) is 5.06. The molecular formula is C11H9ClN2O2. The predicted molar refractivity (Wildman–Crippen MR) is 59.1 cm³/mol. The fraction of sp³-hybridized carbons (Fsp3) is 0.0909. The van der Waals surface area contributed by atoms with Crippen LogP contribution < -0.4 is 5.32 Å². The highest BCUT2D eigenvalue weighted by molar-refractivity contribution is 6.30. The van der Waals surface area contributed by atoms with Crippen LogP contribution in [0.25, 0.3) is 0 Å². The summed E-state index contributed by atoms with van der Waals surface area (Å²) in [5.74, 6) is -0.260. The monoisotopic (exact) mass is 236 g/mol. The van der Waals surface area contributed by atoms with Gasteiger partial charge in [-0.15, -0.1) is 0 Å². The molecule has 1 N–H and O–H groups in total. The molecule has 1 aromatic carbocycles. The number of carbonyl (C=O) groups is 1. The normalized spacial score (nSPS) is 10.1. The maximum absolute atomic E-state index is 11.5. The van der Waals surface area contributed by atoms with Crippen molar-refractivity contribution < 1.29 is 9.32 Å². The van der Waals surface area contributed by atoms with Gasteiger partial charge in [0.1, 0.15) is 6.26 Å². The molecule has 0 saturated carbocycles. The smallest absolute Gasteiger partial charge is 0.273 e. The minimum atomic E-state index is -0.260. The van der Waals surface area contributed by atoms with Crippen molar-refractivity contribution in [2.75, 3.05) is 0 Å². The molecule has 0 spiro atoms. The average Bonchev–Trinajstić information content (AvgIpc) is 2.81. The second-order valence-corrected chi connectivity index (χ2v) is 3.63. The number of nitrogens with zero attached hydrogens (tertiary/aromatic N) is 1. The molecule has 1 amide bonds. The van der Waals surface area contributed by atoms with Crippen LogP contribution in [0.15, 0.2) is 41.1 Å². The fourth-order valence-electron chi connectivity index (χ4n) is 1.20. The van der Waals surface area contributed by atoms with Crippen molar-refractivity contribution >= 4 is 17.5 Å². The van der Waals surface area contributed by atoms with E-state index in [4.69, 9.17) is 11.6 Å². The Morgan fingerprint density at radius 1 is 1.31 bits per heavy atom. The lowest BCUT2D eigenvalue weighted by Gasteiger charge is -2.02. The van der Waals surface area contributed by atoms with Gasteiger partial charge in [-0.1, -0.05) is 28.9 Å². The van der Waals surface area contributed by atoms with E-state index in [2.05, 4.69) is 15.0 Å². The molecule has 5 heteroatoms. The van der Waals surface area contributed by atoms with Crippen LogP contribution in [0.4, 0.5) is 0 Å². The zero-order valence-electron chi connectivity index (χ0n) is 8.31. The van der Waals surface area contributed by atoms with Crippen molar-refractivity contribution in [2.24, 2.45) is 0 Å². The Bertz CT molecular complexity index is 465. The largest absolute Gasteiger partial charge is 0.364 e. The molecule has 0 unspecified atom stereocenters. The van der Waals surface area contributed by atoms with E-state index < -0.39 is 0 Å². The third kappa shape index (κ3) is 2.61. The van der Waals surface area contributed by atoms with Crippen molar-refractivity contribution in [3.05, 3.63) is 52.9 Å². The molecule has 82 valence electrons. The molecular weight excluding hydrogens is 228 g/mol. The number of nitrogens with one attached hydrogen (secondary N) is 1. The van der Waals surface area contributed by atoms with Crippen molar-refractivity contribution in [3.63, 3.8) is 0 Å². The first-order chi connectivity index (χ1) is 7.75. The number of hydrogen-bond acceptors (Lipinski definition) is 3. The summed E-state index contributed by atoms with van der Waals surface area (Å²) in [7, 11) is 0. The molecule has 16 heavy (non-hydrogen) atoms. The number of halogens is 1. The summed E-state index contributed by atoms with van der Waals surface area (Å²) in [6.45, 7) is 0.433. The van der Waals surface area contributed by atoms with E-state index in [0.717, 1.165) is 5.56 Å². The third-order valence-electron chi connectivity index (χ3n) is 2.04. The van der Waals surface area contributed by atoms with Crippen LogP contribution in [-0.2, 0) is 6.54 Å². The molecule has 0 aliphatic rings. The first-order valence-electron chi connectivity index (χ1n) is 4.69. The molecule has 2 rings (SSSR count). The van der Waals surface area contributed by atoms with Crippen LogP contribution in [0.1, 0.15) is 16.1 Å². The van der Waals surface area contributed by atoms with E-state index in [1.54, 1.807) is 12.1 Å². The molecule has 0 saturated heterocycles. The summed E-state index contributed by atoms with van der Waals surface area (Å²) in [5.41, 5.74) is 1.25. The number of amides is 1. The molecule has 1 aromatic heterocycles. The summed E-state index contributed by atoms with van der Waals surface area (Å²) < 4.78 is 4.58. The molecule has 4 nitrogen and oxygen atoms in total. The maximum atomic E-state index is 11.5. The summed E-state index contributed by atoms with van der Waals surface area (Å²) in [6, 6.07) is 8.77. The Hall–Kier alpha value is -1.81. The highest BCUT2D eigenvalue weighted by atomic mass is 35.5. The van der Waals surface area contributed by atoms with Crippen molar-refractivity contribution in [1.29, 1.82) is 0 Å². The Balaban J connectivity index is 1.93. The maximum Gasteiger partial charge on any atom is 0.273 e. The number of hydrogen-bond donors (Lipinski definition) is 1. The van der Waals surface area contributed by atoms with Crippen LogP contribution in [0.3, 0.4) is 0 Å². The molecule has 0 aliphatic heterocycles. The van der Waals surface area contributed by atoms with E-state index in [9.17, 15) is 4.79 Å². The minimum absolute atomic E-state index is 0.260. The summed E-state index contributed by atoms with van der Waals surface area (Å²) in [4.78, 5) is 11.5. The Kier molecular flexibility index (Phi) is 3.22. The van der Waals surface area contributed by atoms with Crippen LogP contribution in [-0.4, -0.2) is 11.1 Å². The molecule has 1 heterocycles. The van der Waals surface area contributed by atoms with Gasteiger partial charge in [0.2, 0.25) is 0 Å². The Morgan fingerprint density at radius 3 is 2.69 bits per heavy atom. The van der Waals surface area contributed by atoms with Crippen molar-refractivity contribution in [3.8, 4) is 0 Å². The van der Waals surface area contributed by atoms with Crippen molar-refractivity contribution in [1.82, 2.24) is 10.5 Å². The number of rotatable bonds is 3. The Morgan fingerprint density at radius 2 is 2.06 bits per heavy atom. The topological polar surface area (TPSA) is 55.1 Å². The van der Waals surface area contributed by atoms with E-state index in [0.29, 0.717) is 11.6 Å². The van der Waals surface area contributed by atoms with Gasteiger partial charge in [0.15, 0.2) is 5.69 Å². The summed E-state index contributed by atoms with van der Waals surface area (Å²) in [5, 5.41) is 6.92. The van der Waals surface area contributed by atoms with Gasteiger partial charge in [0.05, 0.1) is 0 Å². The van der Waals surface area contributed by atoms with Crippen molar-refractivity contribution in [2.45, 2.75) is 6.54 Å². The second-order valence-electron chi connectivity index (χ2n) is 3.19. The van der Waals surface area contributed by atoms with E-state index in [1.807, 2.05) is 12.1 Å². The minimum Gasteiger partial charge on any atom is -0.364 e. The van der Waals surface area contributed by atoms with Crippen LogP contribution in [0.2, 0.25) is 5.02 Å². The molecule has 0 aliphatic carbocycles. The van der Waals surface area contributed by atoms with Crippen LogP contribution in [0.5, 0.6) is 0 Å². The Labute approximate surface area is 97.2 Å². The van der Waals surface area contributed by atoms with Gasteiger partial charge in [-0.05, 0) is 17.7 Å². The van der Waals surface area contributed by atoms with E-state index >= 15 is 0 Å². The summed E-state index contributed by atoms with van der Waals surface area (Å²) in [6.07, 6.45) is 1.36. The number of carbonyl (C=O) groups excluding carboxylic acids is 1. The predicted octanol–water partition coefficient (Wildman–Crippen LogP) is 2.26. The van der Waals surface area contributed by atoms with Gasteiger partial charge in [-0.3, -0.25) is 4.79 Å². The molecule has 0 fully saturated rings. The number of benzene rings is 1. The highest BCUT2D eigenvalue weighted by Gasteiger charge is 2.07. The van der Waals surface area contributed by atoms with Crippen LogP contribution >= 0.6 is 11.6 Å². The lowest BCUT2D eigenvalue weighted by molar-refractivity contribution is 0.0942. The van der Waals surface area contributed by atoms with Crippen LogP contribution in [0, 0.1) is 0 Å². The number of aromatic nitrogens is 1. The lowest BCUT2D eigenvalue weighted by atomic mass is 10.2. The van der Waals surface area contributed by atoms with Gasteiger partial charge in [0.25, 0.3) is 5.91 Å². The third-order valence-corrected chi connectivity index (χ3v) is 2.29. The fourth-order valence-corrected chi connectivity index (χ4v) is 1.33. The second kappa shape index (κ2) is 4.81. The lowest BCUT2D eigenvalue weighted by Crippen LogP contribution is -2.22. The zero-order chi connectivity index (χ0) is 11.4. The van der Waals surface area contributed by atoms with Gasteiger partial charge in [-0.25, -0.2) is 0 Å². The van der Waals surface area contributed by atoms with Gasteiger partial charge in [-0.2, -0.15) is 0 Å². The zero-order valence-corrected chi connectivity index (χ0v) is 9.07.